The van der Waals surface area contributed by atoms with Crippen LogP contribution in [0.15, 0.2) is 47.6 Å². The Labute approximate surface area is 118 Å². The molecule has 0 saturated carbocycles. The minimum atomic E-state index is 0.149. The quantitative estimate of drug-likeness (QED) is 0.380. The molecule has 1 heterocycles. The summed E-state index contributed by atoms with van der Waals surface area (Å²) in [5.74, 6) is 0.149. The van der Waals surface area contributed by atoms with Gasteiger partial charge in [0.2, 0.25) is 0 Å². The molecule has 0 aliphatic carbocycles. The minimum absolute atomic E-state index is 0.149. The van der Waals surface area contributed by atoms with Crippen molar-refractivity contribution in [2.24, 2.45) is 10.9 Å². The maximum atomic E-state index is 8.94. The number of nitrogens with two attached hydrogens (primary N) is 1. The zero-order valence-corrected chi connectivity index (χ0v) is 11.4. The minimum Gasteiger partial charge on any atom is -0.409 e. The van der Waals surface area contributed by atoms with Crippen LogP contribution in [0.3, 0.4) is 0 Å². The molecule has 102 valence electrons. The van der Waals surface area contributed by atoms with E-state index in [2.05, 4.69) is 40.4 Å². The number of nitrogens with zero attached hydrogens (tertiary/aromatic N) is 2. The standard InChI is InChI=1S/C16H17N3O/c1-11-6-7-14(16(17)18-20)15(8-11)19-9-12-4-2-3-5-13(12)10-19/h2-8,20H,9-10H2,1H3,(H2,17,18). The molecule has 0 bridgehead atoms. The second kappa shape index (κ2) is 4.89. The molecule has 4 nitrogen and oxygen atoms in total. The molecule has 0 unspecified atom stereocenters. The Morgan fingerprint density at radius 2 is 1.80 bits per heavy atom. The summed E-state index contributed by atoms with van der Waals surface area (Å²) in [6, 6.07) is 14.4. The Hall–Kier alpha value is -2.49. The molecule has 0 radical (unpaired) electrons. The largest absolute Gasteiger partial charge is 0.409 e. The average Bonchev–Trinajstić information content (AvgIpc) is 2.90. The second-order valence-electron chi connectivity index (χ2n) is 5.13. The first kappa shape index (κ1) is 12.5. The molecule has 2 aromatic rings. The first-order valence-electron chi connectivity index (χ1n) is 6.59. The molecule has 20 heavy (non-hydrogen) atoms. The molecule has 0 aromatic heterocycles. The smallest absolute Gasteiger partial charge is 0.172 e. The number of hydrogen-bond donors (Lipinski definition) is 2. The summed E-state index contributed by atoms with van der Waals surface area (Å²) in [6.45, 7) is 3.75. The van der Waals surface area contributed by atoms with E-state index < -0.39 is 0 Å². The van der Waals surface area contributed by atoms with E-state index in [1.54, 1.807) is 0 Å². The number of oxime groups is 1. The molecule has 0 amide bonds. The number of rotatable bonds is 2. The SMILES string of the molecule is Cc1ccc(C(N)=NO)c(N2Cc3ccccc3C2)c1. The van der Waals surface area contributed by atoms with Crippen molar-refractivity contribution in [1.29, 1.82) is 0 Å². The number of fused-ring (bicyclic) bond motifs is 1. The van der Waals surface area contributed by atoms with Gasteiger partial charge in [-0.15, -0.1) is 0 Å². The number of hydrogen-bond acceptors (Lipinski definition) is 3. The third-order valence-corrected chi connectivity index (χ3v) is 3.72. The van der Waals surface area contributed by atoms with Crippen LogP contribution in [0.5, 0.6) is 0 Å². The molecule has 4 heteroatoms. The van der Waals surface area contributed by atoms with Gasteiger partial charge in [-0.3, -0.25) is 0 Å². The molecule has 3 rings (SSSR count). The summed E-state index contributed by atoms with van der Waals surface area (Å²) < 4.78 is 0. The Bertz CT molecular complexity index is 654. The highest BCUT2D eigenvalue weighted by atomic mass is 16.4. The van der Waals surface area contributed by atoms with Gasteiger partial charge in [0.25, 0.3) is 0 Å². The Kier molecular flexibility index (Phi) is 3.06. The lowest BCUT2D eigenvalue weighted by Gasteiger charge is -2.21. The van der Waals surface area contributed by atoms with Gasteiger partial charge in [-0.1, -0.05) is 35.5 Å². The molecular formula is C16H17N3O. The number of aryl methyl sites for hydroxylation is 1. The Morgan fingerprint density at radius 3 is 2.40 bits per heavy atom. The molecule has 1 aliphatic rings. The van der Waals surface area contributed by atoms with E-state index in [0.29, 0.717) is 0 Å². The third kappa shape index (κ3) is 2.09. The fraction of sp³-hybridized carbons (Fsp3) is 0.188. The van der Waals surface area contributed by atoms with Crippen molar-refractivity contribution in [3.8, 4) is 0 Å². The van der Waals surface area contributed by atoms with Crippen LogP contribution in [0.1, 0.15) is 22.3 Å². The maximum absolute atomic E-state index is 8.94. The molecule has 0 fully saturated rings. The van der Waals surface area contributed by atoms with E-state index in [9.17, 15) is 0 Å². The summed E-state index contributed by atoms with van der Waals surface area (Å²) in [6.07, 6.45) is 0. The zero-order chi connectivity index (χ0) is 14.1. The molecule has 1 aliphatic heterocycles. The predicted molar refractivity (Wildman–Crippen MR) is 80.0 cm³/mol. The van der Waals surface area contributed by atoms with Crippen LogP contribution in [0.25, 0.3) is 0 Å². The Morgan fingerprint density at radius 1 is 1.15 bits per heavy atom. The topological polar surface area (TPSA) is 61.9 Å². The van der Waals surface area contributed by atoms with E-state index in [4.69, 9.17) is 10.9 Å². The van der Waals surface area contributed by atoms with Crippen molar-refractivity contribution in [2.75, 3.05) is 4.90 Å². The van der Waals surface area contributed by atoms with E-state index in [0.717, 1.165) is 29.9 Å². The fourth-order valence-electron chi connectivity index (χ4n) is 2.68. The third-order valence-electron chi connectivity index (χ3n) is 3.72. The van der Waals surface area contributed by atoms with Crippen molar-refractivity contribution in [1.82, 2.24) is 0 Å². The van der Waals surface area contributed by atoms with Gasteiger partial charge in [-0.05, 0) is 35.7 Å². The van der Waals surface area contributed by atoms with Crippen LogP contribution in [-0.4, -0.2) is 11.0 Å². The van der Waals surface area contributed by atoms with Crippen LogP contribution in [-0.2, 0) is 13.1 Å². The Balaban J connectivity index is 2.02. The van der Waals surface area contributed by atoms with Crippen molar-refractivity contribution in [3.05, 3.63) is 64.7 Å². The van der Waals surface area contributed by atoms with Crippen LogP contribution in [0.4, 0.5) is 5.69 Å². The van der Waals surface area contributed by atoms with Crippen LogP contribution >= 0.6 is 0 Å². The lowest BCUT2D eigenvalue weighted by molar-refractivity contribution is 0.318. The number of benzene rings is 2. The summed E-state index contributed by atoms with van der Waals surface area (Å²) in [5.41, 5.74) is 11.4. The lowest BCUT2D eigenvalue weighted by atomic mass is 10.1. The summed E-state index contributed by atoms with van der Waals surface area (Å²) in [4.78, 5) is 2.26. The van der Waals surface area contributed by atoms with E-state index in [1.165, 1.54) is 11.1 Å². The summed E-state index contributed by atoms with van der Waals surface area (Å²) >= 11 is 0. The normalized spacial score (nSPS) is 14.4. The van der Waals surface area contributed by atoms with Crippen LogP contribution in [0.2, 0.25) is 0 Å². The predicted octanol–water partition coefficient (Wildman–Crippen LogP) is 2.61. The second-order valence-corrected chi connectivity index (χ2v) is 5.13. The first-order valence-corrected chi connectivity index (χ1v) is 6.59. The highest BCUT2D eigenvalue weighted by molar-refractivity contribution is 6.02. The van der Waals surface area contributed by atoms with Gasteiger partial charge in [0.05, 0.1) is 0 Å². The first-order chi connectivity index (χ1) is 9.69. The van der Waals surface area contributed by atoms with Gasteiger partial charge in [0, 0.05) is 24.3 Å². The van der Waals surface area contributed by atoms with Gasteiger partial charge in [-0.2, -0.15) is 0 Å². The van der Waals surface area contributed by atoms with E-state index in [1.807, 2.05) is 19.1 Å². The summed E-state index contributed by atoms with van der Waals surface area (Å²) in [7, 11) is 0. The fourth-order valence-corrected chi connectivity index (χ4v) is 2.68. The zero-order valence-electron chi connectivity index (χ0n) is 11.4. The van der Waals surface area contributed by atoms with Crippen molar-refractivity contribution in [3.63, 3.8) is 0 Å². The van der Waals surface area contributed by atoms with Gasteiger partial charge >= 0.3 is 0 Å². The molecule has 3 N–H and O–H groups in total. The monoisotopic (exact) mass is 267 g/mol. The van der Waals surface area contributed by atoms with Gasteiger partial charge in [0.15, 0.2) is 5.84 Å². The van der Waals surface area contributed by atoms with Crippen LogP contribution in [0, 0.1) is 6.92 Å². The molecule has 0 saturated heterocycles. The van der Waals surface area contributed by atoms with Gasteiger partial charge in [-0.25, -0.2) is 0 Å². The van der Waals surface area contributed by atoms with Gasteiger partial charge < -0.3 is 15.8 Å². The molecular weight excluding hydrogens is 250 g/mol. The average molecular weight is 267 g/mol. The van der Waals surface area contributed by atoms with Crippen molar-refractivity contribution in [2.45, 2.75) is 20.0 Å². The lowest BCUT2D eigenvalue weighted by Crippen LogP contribution is -2.22. The number of anilines is 1. The van der Waals surface area contributed by atoms with Crippen LogP contribution < -0.4 is 10.6 Å². The summed E-state index contributed by atoms with van der Waals surface area (Å²) in [5, 5.41) is 12.1. The highest BCUT2D eigenvalue weighted by Crippen LogP contribution is 2.31. The molecule has 0 atom stereocenters. The maximum Gasteiger partial charge on any atom is 0.172 e. The van der Waals surface area contributed by atoms with Crippen molar-refractivity contribution < 1.29 is 5.21 Å². The highest BCUT2D eigenvalue weighted by Gasteiger charge is 2.21. The number of amidine groups is 1. The molecule has 2 aromatic carbocycles. The molecule has 0 spiro atoms. The van der Waals surface area contributed by atoms with E-state index >= 15 is 0 Å². The van der Waals surface area contributed by atoms with Crippen molar-refractivity contribution >= 4 is 11.5 Å². The van der Waals surface area contributed by atoms with E-state index in [-0.39, 0.29) is 5.84 Å². The van der Waals surface area contributed by atoms with Gasteiger partial charge in [0.1, 0.15) is 0 Å².